The molecule has 2 N–H and O–H groups in total. The summed E-state index contributed by atoms with van der Waals surface area (Å²) >= 11 is 1.55. The molecular formula is C62H87N2Na3O24S4. The molecule has 0 aromatic heterocycles. The van der Waals surface area contributed by atoms with Crippen molar-refractivity contribution < 1.29 is 192 Å². The van der Waals surface area contributed by atoms with Crippen molar-refractivity contribution in [2.24, 2.45) is 11.8 Å². The third-order valence-corrected chi connectivity index (χ3v) is 19.4. The summed E-state index contributed by atoms with van der Waals surface area (Å²) in [6.45, 7) is 20.1. The van der Waals surface area contributed by atoms with E-state index in [1.807, 2.05) is 82.5 Å². The van der Waals surface area contributed by atoms with Crippen molar-refractivity contribution in [3.63, 3.8) is 0 Å². The first-order valence-electron chi connectivity index (χ1n) is 30.5. The van der Waals surface area contributed by atoms with Crippen LogP contribution in [0.5, 0.6) is 17.2 Å². The molecule has 95 heavy (non-hydrogen) atoms. The van der Waals surface area contributed by atoms with Gasteiger partial charge in [-0.2, -0.15) is 17.8 Å². The number of carbonyl (C=O) groups excluding carboxylic acids is 2. The number of ether oxygens (including phenoxy) is 3. The third-order valence-electron chi connectivity index (χ3n) is 16.7. The summed E-state index contributed by atoms with van der Waals surface area (Å²) in [7, 11) is -8.70. The van der Waals surface area contributed by atoms with Crippen molar-refractivity contribution in [3.8, 4) is 17.2 Å². The minimum Gasteiger partial charge on any atom is -0.854 e. The smallest absolute Gasteiger partial charge is 0.854 e. The Hall–Kier alpha value is -2.16. The zero-order valence-corrected chi connectivity index (χ0v) is 65.5. The van der Waals surface area contributed by atoms with Gasteiger partial charge in [-0.1, -0.05) is 59.8 Å². The van der Waals surface area contributed by atoms with E-state index in [1.165, 1.54) is 0 Å². The zero-order valence-electron chi connectivity index (χ0n) is 56.3. The van der Waals surface area contributed by atoms with Crippen LogP contribution in [0.25, 0.3) is 0 Å². The van der Waals surface area contributed by atoms with Crippen molar-refractivity contribution in [2.45, 2.75) is 190 Å². The summed E-state index contributed by atoms with van der Waals surface area (Å²) in [6, 6.07) is 10.9. The summed E-state index contributed by atoms with van der Waals surface area (Å²) in [5.74, 6) is -0.477. The van der Waals surface area contributed by atoms with Gasteiger partial charge in [0.1, 0.15) is 26.7 Å². The summed E-state index contributed by atoms with van der Waals surface area (Å²) < 4.78 is 96.0. The van der Waals surface area contributed by atoms with Gasteiger partial charge in [-0.05, 0) is 108 Å². The number of rotatable bonds is 34. The zero-order chi connectivity index (χ0) is 69.0. The Bertz CT molecular complexity index is 3390. The molecule has 4 aliphatic rings. The van der Waals surface area contributed by atoms with E-state index in [-0.39, 0.29) is 167 Å². The summed E-state index contributed by atoms with van der Waals surface area (Å²) in [5.41, 5.74) is 2.11. The number of benzene rings is 2. The Morgan fingerprint density at radius 2 is 0.947 bits per heavy atom. The molecule has 6 atom stereocenters. The number of hydrogen-bond acceptors (Lipinski definition) is 26. The van der Waals surface area contributed by atoms with Crippen LogP contribution in [0.4, 0.5) is 11.4 Å². The molecule has 2 saturated carbocycles. The molecule has 516 valence electrons. The maximum Gasteiger partial charge on any atom is 1.00 e. The van der Waals surface area contributed by atoms with Gasteiger partial charge in [0.15, 0.2) is 17.2 Å². The molecular weight excluding hydrogens is 1350 g/mol. The van der Waals surface area contributed by atoms with E-state index >= 15 is 0 Å². The largest absolute Gasteiger partial charge is 1.00 e. The van der Waals surface area contributed by atoms with E-state index in [9.17, 15) is 71.0 Å². The van der Waals surface area contributed by atoms with E-state index in [4.69, 9.17) is 23.8 Å². The number of hydrogen-bond donors (Lipinski definition) is 2. The Balaban J connectivity index is 0.00000138. The molecule has 2 unspecified atom stereocenters. The Labute approximate surface area is 631 Å². The van der Waals surface area contributed by atoms with Gasteiger partial charge >= 0.3 is 88.7 Å². The van der Waals surface area contributed by atoms with E-state index in [0.29, 0.717) is 49.0 Å². The second-order valence-electron chi connectivity index (χ2n) is 22.9. The minimum absolute atomic E-state index is 0. The Morgan fingerprint density at radius 1 is 0.568 bits per heavy atom. The molecule has 0 saturated heterocycles. The van der Waals surface area contributed by atoms with Gasteiger partial charge in [-0.25, -0.2) is 16.8 Å². The summed E-state index contributed by atoms with van der Waals surface area (Å²) in [4.78, 5) is 64.7. The Kier molecular flexibility index (Phi) is 45.3. The van der Waals surface area contributed by atoms with E-state index in [0.717, 1.165) is 135 Å². The number of carbonyl (C=O) groups is 2. The molecule has 2 heterocycles. The maximum absolute atomic E-state index is 12.7. The van der Waals surface area contributed by atoms with Gasteiger partial charge in [-0.15, -0.1) is 6.61 Å². The van der Waals surface area contributed by atoms with Crippen LogP contribution in [0.3, 0.4) is 0 Å². The van der Waals surface area contributed by atoms with E-state index in [1.54, 1.807) is 18.2 Å². The predicted molar refractivity (Wildman–Crippen MR) is 336 cm³/mol. The fourth-order valence-electron chi connectivity index (χ4n) is 11.2. The van der Waals surface area contributed by atoms with Gasteiger partial charge in [0.05, 0.1) is 99.2 Å². The van der Waals surface area contributed by atoms with Crippen molar-refractivity contribution >= 4 is 80.7 Å². The number of aliphatic hydroxyl groups is 2. The van der Waals surface area contributed by atoms with Gasteiger partial charge in [0, 0.05) is 64.3 Å². The molecule has 2 aliphatic carbocycles. The number of fused-ring (bicyclic) bond motifs is 2. The number of unbranched alkanes of at least 4 members (excludes halogenated alkanes) is 4. The number of aliphatic hydroxyl groups excluding tert-OH is 2. The van der Waals surface area contributed by atoms with E-state index < -0.39 is 65.0 Å². The van der Waals surface area contributed by atoms with Crippen LogP contribution in [-0.4, -0.2) is 134 Å². The fourth-order valence-corrected chi connectivity index (χ4v) is 13.0. The normalized spacial score (nSPS) is 19.6. The van der Waals surface area contributed by atoms with E-state index in [2.05, 4.69) is 25.7 Å². The molecule has 4 aromatic rings. The number of nitrogens with zero attached hydrogens (tertiary/aromatic N) is 2. The quantitative estimate of drug-likeness (QED) is 0.00648. The first-order chi connectivity index (χ1) is 43.8. The molecule has 8 rings (SSSR count). The summed E-state index contributed by atoms with van der Waals surface area (Å²) in [6.07, 6.45) is 11.3. The SMILES string of the molecule is C=O.C=O.CC1=[N+](CCCS(=O)(=O)[O-])c2ccc(SOO[O-])cc2[C@@]1(C)C[C@H]1CCC1O.CCCCOc1c(CC2=[N+](CCCS(=O)(=O)[O-])c3ccc(SOO[O-])cc3[C@@]2(C)C[C@H]2CCC2O)c(=O)c1=O.CCCCOc1c(OCCCC)c(=O)c1=O.CCCC[O-].[Na+].[Na+].[Na+]. The van der Waals surface area contributed by atoms with Crippen LogP contribution < -0.4 is 140 Å². The van der Waals surface area contributed by atoms with Gasteiger partial charge in [-0.3, -0.25) is 29.3 Å². The second-order valence-corrected chi connectivity index (χ2v) is 27.5. The monoisotopic (exact) mass is 1440 g/mol. The van der Waals surface area contributed by atoms with Gasteiger partial charge < -0.3 is 58.7 Å². The van der Waals surface area contributed by atoms with Crippen LogP contribution in [0.2, 0.25) is 0 Å². The van der Waals surface area contributed by atoms with Crippen LogP contribution in [0.1, 0.15) is 168 Å². The molecule has 33 heteroatoms. The third kappa shape index (κ3) is 26.6. The van der Waals surface area contributed by atoms with Crippen LogP contribution >= 0.6 is 24.1 Å². The molecule has 2 aliphatic heterocycles. The molecule has 4 aromatic carbocycles. The minimum atomic E-state index is -4.44. The second kappa shape index (κ2) is 46.4. The Morgan fingerprint density at radius 3 is 1.31 bits per heavy atom. The average Bonchev–Trinajstić information content (AvgIpc) is 1.59. The predicted octanol–water partition coefficient (Wildman–Crippen LogP) is -4.79. The van der Waals surface area contributed by atoms with Crippen molar-refractivity contribution in [1.29, 1.82) is 0 Å². The van der Waals surface area contributed by atoms with Crippen LogP contribution in [-0.2, 0) is 65.8 Å². The van der Waals surface area contributed by atoms with Crippen LogP contribution in [0, 0.1) is 11.8 Å². The average molecular weight is 1440 g/mol. The topological polar surface area (TPSA) is 397 Å². The maximum atomic E-state index is 12.7. The van der Waals surface area contributed by atoms with Gasteiger partial charge in [0.2, 0.25) is 28.3 Å². The van der Waals surface area contributed by atoms with Crippen molar-refractivity contribution in [2.75, 3.05) is 51.0 Å². The molecule has 2 fully saturated rings. The first-order valence-corrected chi connectivity index (χ1v) is 35.2. The molecule has 0 spiro atoms. The molecule has 0 bridgehead atoms. The van der Waals surface area contributed by atoms with Gasteiger partial charge in [0.25, 0.3) is 16.3 Å². The van der Waals surface area contributed by atoms with Crippen molar-refractivity contribution in [1.82, 2.24) is 0 Å². The fraction of sp³-hybridized carbons (Fsp3) is 0.613. The molecule has 0 amide bonds. The van der Waals surface area contributed by atoms with Crippen LogP contribution in [0.15, 0.2) is 65.4 Å². The molecule has 0 radical (unpaired) electrons. The van der Waals surface area contributed by atoms with Crippen molar-refractivity contribution in [3.05, 3.63) is 94.0 Å². The standard InChI is InChI=1S/C26H33NO10S2.C18H25NO7S2.C12H18O4.C4H9O.2CH2O.3Na/c1-3-4-11-35-25-18(23(29)24(25)30)14-22-26(2,15-16-6-9-21(16)28)19-13-17(38-37-36-31)7-8-20(19)27(22)10-5-12-39(32,33)34;1-12-18(2,11-13-4-7-17(13)20)15-10-14(27-26-25-21)5-6-16(15)19(12)8-3-9-28(22,23)24;1-3-5-7-15-11-9(13)10(14)12(11)16-8-6-4-2;1-2-3-4-5;2*1-2;;;/h7-8,13,16,21,28H,3-6,9-12,14-15H2,1-2H3,(H-,31,32,33,34);5-6,10,13,17,20H,3-4,7-9,11H2,1-2H3,(H-,21,22,23,24);3-8H2,1-2H3;2-4H2,1H3;2*1H2;;;/q;;;-1;;;3*+1/p-2/t16-,21?,26-;13-,17?,18+;;;;;;;/m11......./s1. The first kappa shape index (κ1) is 92.8. The summed E-state index contributed by atoms with van der Waals surface area (Å²) in [5, 5.41) is 57.5. The molecule has 26 nitrogen and oxygen atoms in total.